The monoisotopic (exact) mass is 378 g/mol. The van der Waals surface area contributed by atoms with Crippen molar-refractivity contribution in [3.05, 3.63) is 34.9 Å². The van der Waals surface area contributed by atoms with Crippen LogP contribution in [0.5, 0.6) is 0 Å². The minimum Gasteiger partial charge on any atom is -0.352 e. The molecule has 0 radical (unpaired) electrons. The lowest BCUT2D eigenvalue weighted by molar-refractivity contribution is -0.126. The molecular formula is C19H26N2O4S. The second-order valence-electron chi connectivity index (χ2n) is 7.47. The third-order valence-electron chi connectivity index (χ3n) is 5.49. The molecule has 0 aromatic heterocycles. The van der Waals surface area contributed by atoms with Crippen molar-refractivity contribution in [2.75, 3.05) is 24.6 Å². The lowest BCUT2D eigenvalue weighted by Gasteiger charge is -2.32. The number of nitrogens with zero attached hydrogens (tertiary/aromatic N) is 1. The maximum atomic E-state index is 12.6. The number of benzene rings is 1. The summed E-state index contributed by atoms with van der Waals surface area (Å²) >= 11 is 0. The Hall–Kier alpha value is -1.89. The van der Waals surface area contributed by atoms with Crippen LogP contribution in [-0.4, -0.2) is 55.8 Å². The number of rotatable bonds is 3. The minimum atomic E-state index is -3.00. The fourth-order valence-corrected chi connectivity index (χ4v) is 5.30. The zero-order valence-corrected chi connectivity index (χ0v) is 16.1. The predicted octanol–water partition coefficient (Wildman–Crippen LogP) is 1.46. The van der Waals surface area contributed by atoms with Crippen molar-refractivity contribution in [1.82, 2.24) is 10.2 Å². The van der Waals surface area contributed by atoms with Crippen LogP contribution in [0.2, 0.25) is 0 Å². The molecule has 0 saturated carbocycles. The molecule has 26 heavy (non-hydrogen) atoms. The van der Waals surface area contributed by atoms with Gasteiger partial charge < -0.3 is 10.2 Å². The highest BCUT2D eigenvalue weighted by molar-refractivity contribution is 7.91. The van der Waals surface area contributed by atoms with Crippen LogP contribution in [0.3, 0.4) is 0 Å². The van der Waals surface area contributed by atoms with Crippen molar-refractivity contribution >= 4 is 21.7 Å². The van der Waals surface area contributed by atoms with Gasteiger partial charge in [-0.25, -0.2) is 8.42 Å². The average Bonchev–Trinajstić information content (AvgIpc) is 2.95. The molecule has 1 unspecified atom stereocenters. The molecule has 2 amide bonds. The van der Waals surface area contributed by atoms with E-state index in [1.807, 2.05) is 32.0 Å². The molecule has 142 valence electrons. The van der Waals surface area contributed by atoms with E-state index in [1.165, 1.54) is 0 Å². The Kier molecular flexibility index (Phi) is 5.37. The van der Waals surface area contributed by atoms with Crippen LogP contribution in [-0.2, 0) is 14.6 Å². The van der Waals surface area contributed by atoms with E-state index in [9.17, 15) is 18.0 Å². The van der Waals surface area contributed by atoms with E-state index in [2.05, 4.69) is 5.32 Å². The van der Waals surface area contributed by atoms with E-state index in [4.69, 9.17) is 0 Å². The standard InChI is InChI=1S/C19H26N2O4S/c1-13-3-4-16(11-14(13)2)19(23)21-8-5-15(6-9-21)18(22)20-17-7-10-26(24,25)12-17/h3-4,11,15,17H,5-10,12H2,1-2H3,(H,20,22). The van der Waals surface area contributed by atoms with Gasteiger partial charge in [0.2, 0.25) is 5.91 Å². The van der Waals surface area contributed by atoms with Crippen molar-refractivity contribution in [2.45, 2.75) is 39.2 Å². The van der Waals surface area contributed by atoms with Crippen LogP contribution in [0.15, 0.2) is 18.2 Å². The first-order chi connectivity index (χ1) is 12.2. The maximum Gasteiger partial charge on any atom is 0.253 e. The number of piperidine rings is 1. The number of sulfone groups is 1. The second kappa shape index (κ2) is 7.39. The largest absolute Gasteiger partial charge is 0.352 e. The highest BCUT2D eigenvalue weighted by Crippen LogP contribution is 2.21. The van der Waals surface area contributed by atoms with Crippen molar-refractivity contribution in [3.8, 4) is 0 Å². The Morgan fingerprint density at radius 1 is 1.08 bits per heavy atom. The fourth-order valence-electron chi connectivity index (χ4n) is 3.63. The normalized spacial score (nSPS) is 23.0. The number of amides is 2. The maximum absolute atomic E-state index is 12.6. The fraction of sp³-hybridized carbons (Fsp3) is 0.579. The number of carbonyl (C=O) groups is 2. The number of likely N-dealkylation sites (tertiary alicyclic amines) is 1. The first-order valence-corrected chi connectivity index (χ1v) is 10.9. The molecule has 0 aliphatic carbocycles. The van der Waals surface area contributed by atoms with E-state index in [0.717, 1.165) is 11.1 Å². The van der Waals surface area contributed by atoms with Crippen molar-refractivity contribution in [1.29, 1.82) is 0 Å². The van der Waals surface area contributed by atoms with Crippen LogP contribution < -0.4 is 5.32 Å². The van der Waals surface area contributed by atoms with Crippen molar-refractivity contribution in [2.24, 2.45) is 5.92 Å². The third-order valence-corrected chi connectivity index (χ3v) is 7.25. The number of hydrogen-bond donors (Lipinski definition) is 1. The van der Waals surface area contributed by atoms with E-state index in [-0.39, 0.29) is 35.3 Å². The van der Waals surface area contributed by atoms with E-state index < -0.39 is 9.84 Å². The highest BCUT2D eigenvalue weighted by Gasteiger charge is 2.32. The van der Waals surface area contributed by atoms with E-state index in [0.29, 0.717) is 37.9 Å². The lowest BCUT2D eigenvalue weighted by Crippen LogP contribution is -2.45. The Balaban J connectivity index is 1.53. The summed E-state index contributed by atoms with van der Waals surface area (Å²) in [5, 5.41) is 2.87. The molecule has 1 aromatic rings. The zero-order valence-electron chi connectivity index (χ0n) is 15.3. The van der Waals surface area contributed by atoms with Gasteiger partial charge >= 0.3 is 0 Å². The first-order valence-electron chi connectivity index (χ1n) is 9.12. The predicted molar refractivity (Wildman–Crippen MR) is 99.7 cm³/mol. The number of aryl methyl sites for hydroxylation is 2. The number of nitrogens with one attached hydrogen (secondary N) is 1. The zero-order chi connectivity index (χ0) is 18.9. The molecule has 2 heterocycles. The van der Waals surface area contributed by atoms with Crippen LogP contribution >= 0.6 is 0 Å². The van der Waals surface area contributed by atoms with Gasteiger partial charge in [-0.3, -0.25) is 9.59 Å². The summed E-state index contributed by atoms with van der Waals surface area (Å²) in [6.45, 7) is 5.11. The topological polar surface area (TPSA) is 83.6 Å². The Morgan fingerprint density at radius 2 is 1.77 bits per heavy atom. The van der Waals surface area contributed by atoms with E-state index in [1.54, 1.807) is 4.90 Å². The van der Waals surface area contributed by atoms with Gasteiger partial charge in [-0.1, -0.05) is 6.07 Å². The van der Waals surface area contributed by atoms with Gasteiger partial charge in [0, 0.05) is 30.6 Å². The molecule has 2 fully saturated rings. The molecular weight excluding hydrogens is 352 g/mol. The summed E-state index contributed by atoms with van der Waals surface area (Å²) in [5.74, 6) is -0.0229. The Morgan fingerprint density at radius 3 is 2.35 bits per heavy atom. The Labute approximate surface area is 154 Å². The summed E-state index contributed by atoms with van der Waals surface area (Å²) < 4.78 is 23.0. The van der Waals surface area contributed by atoms with Gasteiger partial charge in [-0.2, -0.15) is 0 Å². The van der Waals surface area contributed by atoms with Gasteiger partial charge in [-0.15, -0.1) is 0 Å². The molecule has 1 N–H and O–H groups in total. The summed E-state index contributed by atoms with van der Waals surface area (Å²) in [5.41, 5.74) is 2.94. The van der Waals surface area contributed by atoms with Crippen molar-refractivity contribution in [3.63, 3.8) is 0 Å². The molecule has 0 spiro atoms. The lowest BCUT2D eigenvalue weighted by atomic mass is 9.94. The quantitative estimate of drug-likeness (QED) is 0.863. The Bertz CT molecular complexity index is 811. The SMILES string of the molecule is Cc1ccc(C(=O)N2CCC(C(=O)NC3CCS(=O)(=O)C3)CC2)cc1C. The van der Waals surface area contributed by atoms with Crippen LogP contribution in [0, 0.1) is 19.8 Å². The summed E-state index contributed by atoms with van der Waals surface area (Å²) in [6.07, 6.45) is 1.72. The van der Waals surface area contributed by atoms with E-state index >= 15 is 0 Å². The first kappa shape index (κ1) is 18.9. The van der Waals surface area contributed by atoms with Gasteiger partial charge in [0.05, 0.1) is 11.5 Å². The summed E-state index contributed by atoms with van der Waals surface area (Å²) in [4.78, 5) is 26.8. The molecule has 3 rings (SSSR count). The molecule has 2 aliphatic heterocycles. The number of carbonyl (C=O) groups excluding carboxylic acids is 2. The van der Waals surface area contributed by atoms with Gasteiger partial charge in [0.15, 0.2) is 9.84 Å². The van der Waals surface area contributed by atoms with Crippen LogP contribution in [0.4, 0.5) is 0 Å². The minimum absolute atomic E-state index is 0.00819. The molecule has 2 aliphatic rings. The third kappa shape index (κ3) is 4.26. The molecule has 2 saturated heterocycles. The summed E-state index contributed by atoms with van der Waals surface area (Å²) in [6, 6.07) is 5.46. The molecule has 0 bridgehead atoms. The average molecular weight is 378 g/mol. The van der Waals surface area contributed by atoms with Crippen LogP contribution in [0.25, 0.3) is 0 Å². The highest BCUT2D eigenvalue weighted by atomic mass is 32.2. The van der Waals surface area contributed by atoms with Gasteiger partial charge in [0.1, 0.15) is 0 Å². The molecule has 7 heteroatoms. The van der Waals surface area contributed by atoms with Crippen LogP contribution in [0.1, 0.15) is 40.7 Å². The second-order valence-corrected chi connectivity index (χ2v) is 9.70. The summed E-state index contributed by atoms with van der Waals surface area (Å²) in [7, 11) is -3.00. The van der Waals surface area contributed by atoms with Gasteiger partial charge in [0.25, 0.3) is 5.91 Å². The molecule has 6 nitrogen and oxygen atoms in total. The number of hydrogen-bond acceptors (Lipinski definition) is 4. The molecule has 1 atom stereocenters. The smallest absolute Gasteiger partial charge is 0.253 e. The van der Waals surface area contributed by atoms with Crippen molar-refractivity contribution < 1.29 is 18.0 Å². The molecule has 1 aromatic carbocycles. The van der Waals surface area contributed by atoms with Gasteiger partial charge in [-0.05, 0) is 56.4 Å².